The zero-order valence-corrected chi connectivity index (χ0v) is 43.7. The number of halogens is 18. The number of rotatable bonds is 8. The molecule has 0 unspecified atom stereocenters. The van der Waals surface area contributed by atoms with Crippen LogP contribution in [0.3, 0.4) is 0 Å². The molecule has 6 aromatic heterocycles. The summed E-state index contributed by atoms with van der Waals surface area (Å²) >= 11 is 0. The number of hydrogen-bond acceptors (Lipinski definition) is 13. The third-order valence-corrected chi connectivity index (χ3v) is 6.79. The average Bonchev–Trinajstić information content (AvgIpc) is 3.27. The maximum Gasteiger partial charge on any atom is 0 e. The molecule has 0 fully saturated rings. The van der Waals surface area contributed by atoms with Crippen molar-refractivity contribution in [2.45, 2.75) is 20.8 Å². The summed E-state index contributed by atoms with van der Waals surface area (Å²) < 4.78 is 178. The molecule has 0 aliphatic heterocycles. The first kappa shape index (κ1) is 72.4. The van der Waals surface area contributed by atoms with Crippen molar-refractivity contribution in [2.24, 2.45) is 0 Å². The van der Waals surface area contributed by atoms with Gasteiger partial charge in [-0.1, -0.05) is 36.4 Å². The molecule has 0 aliphatic carbocycles. The zero-order valence-electron chi connectivity index (χ0n) is 39.6. The first-order valence-electron chi connectivity index (χ1n) is 19.3. The van der Waals surface area contributed by atoms with Gasteiger partial charge in [-0.3, -0.25) is 0 Å². The molecule has 0 bridgehead atoms. The van der Waals surface area contributed by atoms with Crippen molar-refractivity contribution in [2.75, 3.05) is 47.8 Å². The van der Waals surface area contributed by atoms with E-state index < -0.39 is 23.4 Å². The molecule has 0 atom stereocenters. The van der Waals surface area contributed by atoms with E-state index in [4.69, 9.17) is 25.8 Å². The Labute approximate surface area is 429 Å². The predicted molar refractivity (Wildman–Crippen MR) is 252 cm³/mol. The van der Waals surface area contributed by atoms with E-state index in [2.05, 4.69) is 19.9 Å². The van der Waals surface area contributed by atoms with Gasteiger partial charge in [-0.15, -0.1) is 0 Å². The van der Waals surface area contributed by atoms with Gasteiger partial charge < -0.3 is 19.6 Å². The van der Waals surface area contributed by atoms with Gasteiger partial charge in [0.05, 0.1) is 18.2 Å². The van der Waals surface area contributed by atoms with E-state index >= 15 is 0 Å². The molecule has 6 aromatic rings. The summed E-state index contributed by atoms with van der Waals surface area (Å²) in [6, 6.07) is 40.3. The van der Waals surface area contributed by atoms with Crippen LogP contribution in [0, 0.1) is 34.0 Å². The maximum absolute atomic E-state index is 10.7. The van der Waals surface area contributed by atoms with Crippen LogP contribution in [0.25, 0.3) is 0 Å². The minimum atomic E-state index is -10.7. The number of nitrogens with zero attached hydrogens (tertiary/aromatic N) is 13. The summed E-state index contributed by atoms with van der Waals surface area (Å²) in [6.45, 7) is 4.29. The number of pyridine rings is 6. The molecule has 0 aliphatic rings. The molecule has 0 saturated carbocycles. The van der Waals surface area contributed by atoms with Gasteiger partial charge in [-0.2, -0.15) is 15.8 Å². The van der Waals surface area contributed by atoms with Crippen molar-refractivity contribution in [3.63, 3.8) is 0 Å². The first-order valence-corrected chi connectivity index (χ1v) is 25.3. The Morgan fingerprint density at radius 1 is 0.307 bits per heavy atom. The van der Waals surface area contributed by atoms with Gasteiger partial charge in [0, 0.05) is 92.3 Å². The number of hydrogen-bond donors (Lipinski definition) is 0. The van der Waals surface area contributed by atoms with Crippen molar-refractivity contribution in [3.8, 4) is 18.2 Å². The van der Waals surface area contributed by atoms with Gasteiger partial charge in [-0.25, -0.2) is 29.9 Å². The van der Waals surface area contributed by atoms with Crippen LogP contribution >= 0.6 is 23.4 Å². The molecule has 0 N–H and O–H groups in total. The molecular weight excluding hydrogens is 1150 g/mol. The van der Waals surface area contributed by atoms with Crippen LogP contribution in [0.2, 0.25) is 0 Å². The van der Waals surface area contributed by atoms with Crippen molar-refractivity contribution in [1.29, 1.82) is 15.8 Å². The Bertz CT molecular complexity index is 2360. The first-order chi connectivity index (χ1) is 33.1. The average molecular weight is 1190 g/mol. The van der Waals surface area contributed by atoms with Gasteiger partial charge in [0.1, 0.15) is 46.5 Å². The van der Waals surface area contributed by atoms with E-state index in [0.717, 1.165) is 46.5 Å². The minimum Gasteiger partial charge on any atom is 0 e. The fourth-order valence-electron chi connectivity index (χ4n) is 4.25. The molecular formula is C40H43F18N13P3V-3. The summed E-state index contributed by atoms with van der Waals surface area (Å²) in [7, 11) is -24.2. The smallest absolute Gasteiger partial charge is 0 e. The Morgan fingerprint density at radius 2 is 0.440 bits per heavy atom. The minimum absolute atomic E-state index is 0. The van der Waals surface area contributed by atoms with E-state index in [-0.39, 0.29) is 18.6 Å². The zero-order chi connectivity index (χ0) is 58.1. The van der Waals surface area contributed by atoms with E-state index in [9.17, 15) is 75.5 Å². The standard InChI is InChI=1S/2C17H17N5.3C2H3N.3F6P.V/c2*1-21(14-8-3-5-12-18-14)16-10-7-11-17(20-16)22(2)15-9-4-6-13-19-15;3*1-2-3;3*1-7(2,3,4,5)6;/h2*3-13H,1-2H3;3*1H3;;;;/q;;;;;3*-1;. The second kappa shape index (κ2) is 26.6. The molecule has 6 rings (SSSR count). The SMILES string of the molecule is CC#N.CC#N.CC#N.CN(c1ccccn1)c1cccc(N(C)c2ccccn2)n1.CN(c1ccccn1)c1cccc(N(C)c2ccccn2)n1.F[P-](F)(F)(F)(F)F.F[P-](F)(F)(F)(F)F.F[P-](F)(F)(F)(F)F.[V]. The largest absolute Gasteiger partial charge is 0 e. The van der Waals surface area contributed by atoms with Crippen molar-refractivity contribution >= 4 is 70.0 Å². The topological polar surface area (TPSA) is 162 Å². The van der Waals surface area contributed by atoms with E-state index in [1.807, 2.05) is 157 Å². The van der Waals surface area contributed by atoms with Crippen LogP contribution in [0.5, 0.6) is 0 Å². The van der Waals surface area contributed by atoms with Crippen molar-refractivity contribution in [1.82, 2.24) is 29.9 Å². The molecule has 6 heterocycles. The second-order valence-electron chi connectivity index (χ2n) is 13.2. The maximum atomic E-state index is 9.87. The van der Waals surface area contributed by atoms with Gasteiger partial charge >= 0.3 is 99.0 Å². The van der Waals surface area contributed by atoms with Crippen molar-refractivity contribution in [3.05, 3.63) is 134 Å². The fraction of sp³-hybridized carbons (Fsp3) is 0.175. The molecule has 13 nitrogen and oxygen atoms in total. The molecule has 0 saturated heterocycles. The van der Waals surface area contributed by atoms with Crippen LogP contribution in [-0.2, 0) is 18.6 Å². The molecule has 35 heteroatoms. The van der Waals surface area contributed by atoms with E-state index in [0.29, 0.717) is 0 Å². The fourth-order valence-corrected chi connectivity index (χ4v) is 4.25. The van der Waals surface area contributed by atoms with Gasteiger partial charge in [0.15, 0.2) is 0 Å². The van der Waals surface area contributed by atoms with Crippen molar-refractivity contribution < 1.29 is 94.1 Å². The van der Waals surface area contributed by atoms with Crippen LogP contribution in [0.15, 0.2) is 134 Å². The van der Waals surface area contributed by atoms with Gasteiger partial charge in [0.25, 0.3) is 0 Å². The number of anilines is 8. The summed E-state index contributed by atoms with van der Waals surface area (Å²) in [5.74, 6) is 6.75. The van der Waals surface area contributed by atoms with E-state index in [1.54, 1.807) is 43.0 Å². The Balaban J connectivity index is -0.000000903. The quantitative estimate of drug-likeness (QED) is 0.105. The third kappa shape index (κ3) is 47.9. The molecule has 0 spiro atoms. The number of nitriles is 3. The molecule has 1 radical (unpaired) electrons. The summed E-state index contributed by atoms with van der Waals surface area (Å²) in [4.78, 5) is 34.6. The Hall–Kier alpha value is -6.82. The van der Waals surface area contributed by atoms with Crippen LogP contribution in [0.1, 0.15) is 20.8 Å². The Morgan fingerprint density at radius 3 is 0.560 bits per heavy atom. The summed E-state index contributed by atoms with van der Waals surface area (Å²) in [6.07, 6.45) is 7.09. The van der Waals surface area contributed by atoms with Crippen LogP contribution < -0.4 is 19.6 Å². The molecule has 417 valence electrons. The Kier molecular flexibility index (Phi) is 25.7. The molecule has 0 amide bonds. The van der Waals surface area contributed by atoms with Crippen LogP contribution in [0.4, 0.5) is 122 Å². The normalized spacial score (nSPS) is 12.8. The van der Waals surface area contributed by atoms with E-state index in [1.165, 1.54) is 20.8 Å². The molecule has 75 heavy (non-hydrogen) atoms. The molecule has 0 aromatic carbocycles. The third-order valence-electron chi connectivity index (χ3n) is 6.79. The monoisotopic (exact) mass is 1190 g/mol. The second-order valence-corrected chi connectivity index (χ2v) is 19.0. The van der Waals surface area contributed by atoms with Gasteiger partial charge in [0.2, 0.25) is 0 Å². The summed E-state index contributed by atoms with van der Waals surface area (Å²) in [5, 5.41) is 22.0. The predicted octanol–water partition coefficient (Wildman–Crippen LogP) is 18.5. The van der Waals surface area contributed by atoms with Gasteiger partial charge in [-0.05, 0) is 72.8 Å². The number of aromatic nitrogens is 6. The summed E-state index contributed by atoms with van der Waals surface area (Å²) in [5.41, 5.74) is 0. The van der Waals surface area contributed by atoms with Crippen LogP contribution in [-0.4, -0.2) is 58.1 Å².